The maximum atomic E-state index is 11.9. The predicted molar refractivity (Wildman–Crippen MR) is 156 cm³/mol. The summed E-state index contributed by atoms with van der Waals surface area (Å²) in [5, 5.41) is 12.7. The lowest BCUT2D eigenvalue weighted by Crippen LogP contribution is -2.56. The molecule has 210 valence electrons. The van der Waals surface area contributed by atoms with Crippen LogP contribution in [0.5, 0.6) is 6.01 Å². The molecule has 3 saturated heterocycles. The predicted octanol–water partition coefficient (Wildman–Crippen LogP) is 4.65. The molecule has 3 aromatic rings. The van der Waals surface area contributed by atoms with Gasteiger partial charge in [-0.2, -0.15) is 9.97 Å². The molecule has 3 atom stereocenters. The first-order chi connectivity index (χ1) is 19.5. The zero-order chi connectivity index (χ0) is 27.4. The molecule has 3 fully saturated rings. The van der Waals surface area contributed by atoms with Crippen molar-refractivity contribution in [1.29, 1.82) is 0 Å². The first-order valence-corrected chi connectivity index (χ1v) is 14.8. The van der Waals surface area contributed by atoms with E-state index in [9.17, 15) is 9.90 Å². The molecule has 1 amide bonds. The number of halogens is 1. The van der Waals surface area contributed by atoms with Crippen LogP contribution in [0.15, 0.2) is 36.4 Å². The zero-order valence-corrected chi connectivity index (χ0v) is 23.6. The van der Waals surface area contributed by atoms with Crippen molar-refractivity contribution < 1.29 is 14.6 Å². The topological polar surface area (TPSA) is 85.3 Å². The van der Waals surface area contributed by atoms with Crippen molar-refractivity contribution in [3.05, 3.63) is 52.7 Å². The van der Waals surface area contributed by atoms with E-state index in [0.717, 1.165) is 77.3 Å². The summed E-state index contributed by atoms with van der Waals surface area (Å²) in [7, 11) is 2.14. The van der Waals surface area contributed by atoms with E-state index in [1.54, 1.807) is 4.90 Å². The Bertz CT molecular complexity index is 1430. The van der Waals surface area contributed by atoms with Crippen molar-refractivity contribution in [3.8, 4) is 6.01 Å². The Labute approximate surface area is 239 Å². The van der Waals surface area contributed by atoms with E-state index in [1.807, 2.05) is 12.1 Å². The second-order valence-electron chi connectivity index (χ2n) is 11.6. The minimum Gasteiger partial charge on any atom is -0.465 e. The van der Waals surface area contributed by atoms with Gasteiger partial charge in [0.15, 0.2) is 0 Å². The van der Waals surface area contributed by atoms with Crippen LogP contribution in [-0.4, -0.2) is 88.9 Å². The Balaban J connectivity index is 1.23. The van der Waals surface area contributed by atoms with Crippen molar-refractivity contribution in [2.45, 2.75) is 56.8 Å². The van der Waals surface area contributed by atoms with Gasteiger partial charge in [-0.05, 0) is 63.2 Å². The van der Waals surface area contributed by atoms with Crippen molar-refractivity contribution >= 4 is 40.0 Å². The lowest BCUT2D eigenvalue weighted by molar-refractivity contribution is 0.114. The first kappa shape index (κ1) is 25.7. The lowest BCUT2D eigenvalue weighted by Gasteiger charge is -2.41. The summed E-state index contributed by atoms with van der Waals surface area (Å²) in [4.78, 5) is 30.5. The number of benzene rings is 2. The Morgan fingerprint density at radius 1 is 1.05 bits per heavy atom. The van der Waals surface area contributed by atoms with Gasteiger partial charge >= 0.3 is 12.1 Å². The number of fused-ring (bicyclic) bond motifs is 4. The number of aromatic nitrogens is 2. The minimum atomic E-state index is -0.814. The highest BCUT2D eigenvalue weighted by atomic mass is 35.5. The molecule has 4 aliphatic rings. The van der Waals surface area contributed by atoms with Crippen LogP contribution in [0.4, 0.5) is 16.3 Å². The van der Waals surface area contributed by atoms with Gasteiger partial charge in [-0.1, -0.05) is 35.9 Å². The number of likely N-dealkylation sites (N-methyl/N-ethyl adjacent to an activating group) is 1. The summed E-state index contributed by atoms with van der Waals surface area (Å²) >= 11 is 6.69. The number of piperazine rings is 1. The smallest absolute Gasteiger partial charge is 0.407 e. The van der Waals surface area contributed by atoms with Crippen molar-refractivity contribution in [2.24, 2.45) is 0 Å². The Kier molecular flexibility index (Phi) is 6.59. The summed E-state index contributed by atoms with van der Waals surface area (Å²) in [5.74, 6) is 0.914. The van der Waals surface area contributed by atoms with Crippen LogP contribution in [0.3, 0.4) is 0 Å². The number of nitrogens with zero attached hydrogens (tertiary/aromatic N) is 6. The molecule has 0 aliphatic carbocycles. The van der Waals surface area contributed by atoms with Crippen molar-refractivity contribution in [1.82, 2.24) is 19.8 Å². The Morgan fingerprint density at radius 3 is 2.55 bits per heavy atom. The molecule has 10 heteroatoms. The van der Waals surface area contributed by atoms with Gasteiger partial charge in [0.1, 0.15) is 12.4 Å². The third kappa shape index (κ3) is 4.49. The number of carbonyl (C=O) groups is 1. The monoisotopic (exact) mass is 562 g/mol. The summed E-state index contributed by atoms with van der Waals surface area (Å²) in [6, 6.07) is 13.1. The molecule has 0 unspecified atom stereocenters. The van der Waals surface area contributed by atoms with Gasteiger partial charge in [-0.25, -0.2) is 4.79 Å². The molecule has 0 radical (unpaired) electrons. The summed E-state index contributed by atoms with van der Waals surface area (Å²) in [6.07, 6.45) is 4.07. The highest BCUT2D eigenvalue weighted by Gasteiger charge is 2.44. The van der Waals surface area contributed by atoms with Crippen LogP contribution in [0.25, 0.3) is 10.8 Å². The van der Waals surface area contributed by atoms with E-state index < -0.39 is 6.09 Å². The summed E-state index contributed by atoms with van der Waals surface area (Å²) < 4.78 is 6.28. The molecular weight excluding hydrogens is 528 g/mol. The van der Waals surface area contributed by atoms with E-state index in [4.69, 9.17) is 26.3 Å². The van der Waals surface area contributed by atoms with Crippen molar-refractivity contribution in [2.75, 3.05) is 49.6 Å². The fourth-order valence-corrected chi connectivity index (χ4v) is 7.49. The van der Waals surface area contributed by atoms with Gasteiger partial charge in [0.25, 0.3) is 0 Å². The Hall–Kier alpha value is -3.30. The number of hydrogen-bond donors (Lipinski definition) is 1. The summed E-state index contributed by atoms with van der Waals surface area (Å²) in [6.45, 7) is 4.41. The molecule has 7 rings (SSSR count). The van der Waals surface area contributed by atoms with E-state index in [2.05, 4.69) is 46.0 Å². The standard InChI is InChI=1S/C30H35ClN6O3/c1-34-13-4-7-22(34)18-40-29-32-25-17-35(26-9-3-6-19-5-2-8-24(31)27(19)26)14-12-23(25)28(33-29)36-15-20-10-11-21(16-36)37(20)30(38)39/h2-3,5-6,8-9,20-22H,4,7,10-18H2,1H3,(H,38,39)/t20-,21+,22-/m0/s1. The molecule has 9 nitrogen and oxygen atoms in total. The van der Waals surface area contributed by atoms with Crippen molar-refractivity contribution in [3.63, 3.8) is 0 Å². The number of ether oxygens (including phenoxy) is 1. The van der Waals surface area contributed by atoms with E-state index >= 15 is 0 Å². The number of likely N-dealkylation sites (tertiary alicyclic amines) is 1. The molecule has 0 saturated carbocycles. The highest BCUT2D eigenvalue weighted by Crippen LogP contribution is 2.39. The third-order valence-corrected chi connectivity index (χ3v) is 9.59. The van der Waals surface area contributed by atoms with Crippen LogP contribution in [0.1, 0.15) is 36.9 Å². The first-order valence-electron chi connectivity index (χ1n) is 14.4. The average molecular weight is 563 g/mol. The lowest BCUT2D eigenvalue weighted by atomic mass is 10.0. The van der Waals surface area contributed by atoms with E-state index in [-0.39, 0.29) is 12.1 Å². The van der Waals surface area contributed by atoms with E-state index in [0.29, 0.717) is 38.3 Å². The van der Waals surface area contributed by atoms with Gasteiger partial charge in [0.05, 0.1) is 29.3 Å². The molecular formula is C30H35ClN6O3. The van der Waals surface area contributed by atoms with Gasteiger partial charge in [0.2, 0.25) is 0 Å². The number of anilines is 2. The van der Waals surface area contributed by atoms with Gasteiger partial charge < -0.3 is 24.5 Å². The van der Waals surface area contributed by atoms with Crippen LogP contribution in [-0.2, 0) is 13.0 Å². The van der Waals surface area contributed by atoms with Gasteiger partial charge in [0, 0.05) is 42.3 Å². The number of rotatable bonds is 5. The summed E-state index contributed by atoms with van der Waals surface area (Å²) in [5.41, 5.74) is 3.23. The van der Waals surface area contributed by atoms with Crippen LogP contribution in [0.2, 0.25) is 5.02 Å². The Morgan fingerprint density at radius 2 is 1.82 bits per heavy atom. The largest absolute Gasteiger partial charge is 0.465 e. The maximum absolute atomic E-state index is 11.9. The van der Waals surface area contributed by atoms with Crippen LogP contribution in [0, 0.1) is 0 Å². The molecule has 1 N–H and O–H groups in total. The van der Waals surface area contributed by atoms with E-state index in [1.165, 1.54) is 6.42 Å². The second kappa shape index (κ2) is 10.3. The molecule has 1 aromatic heterocycles. The quantitative estimate of drug-likeness (QED) is 0.481. The highest BCUT2D eigenvalue weighted by molar-refractivity contribution is 6.36. The average Bonchev–Trinajstić information content (AvgIpc) is 3.49. The fourth-order valence-electron chi connectivity index (χ4n) is 7.21. The molecule has 4 aliphatic heterocycles. The van der Waals surface area contributed by atoms with Crippen LogP contribution >= 0.6 is 11.6 Å². The normalized spacial score (nSPS) is 24.6. The fraction of sp³-hybridized carbons (Fsp3) is 0.500. The minimum absolute atomic E-state index is 0.00344. The maximum Gasteiger partial charge on any atom is 0.407 e. The molecule has 0 spiro atoms. The molecule has 5 heterocycles. The number of amides is 1. The zero-order valence-electron chi connectivity index (χ0n) is 22.8. The number of carboxylic acid groups (broad SMARTS) is 1. The second-order valence-corrected chi connectivity index (χ2v) is 12.0. The molecule has 2 bridgehead atoms. The SMILES string of the molecule is CN1CCC[C@H]1COc1nc2c(c(N3C[C@H]4CC[C@@H](C3)N4C(=O)O)n1)CCN(c1cccc3cccc(Cl)c13)C2. The molecule has 40 heavy (non-hydrogen) atoms. The van der Waals surface area contributed by atoms with Crippen LogP contribution < -0.4 is 14.5 Å². The van der Waals surface area contributed by atoms with Gasteiger partial charge in [-0.15, -0.1) is 0 Å². The number of hydrogen-bond acceptors (Lipinski definition) is 7. The molecule has 2 aromatic carbocycles. The third-order valence-electron chi connectivity index (χ3n) is 9.27. The van der Waals surface area contributed by atoms with Gasteiger partial charge in [-0.3, -0.25) is 4.90 Å².